The van der Waals surface area contributed by atoms with Crippen molar-refractivity contribution in [1.82, 2.24) is 19.6 Å². The third-order valence-electron chi connectivity index (χ3n) is 3.71. The third-order valence-corrected chi connectivity index (χ3v) is 5.41. The van der Waals surface area contributed by atoms with Crippen LogP contribution >= 0.6 is 23.1 Å². The summed E-state index contributed by atoms with van der Waals surface area (Å²) in [6.45, 7) is 2.05. The molecule has 0 atom stereocenters. The van der Waals surface area contributed by atoms with E-state index in [1.807, 2.05) is 65.4 Å². The molecule has 4 aromatic rings. The highest BCUT2D eigenvalue weighted by Crippen LogP contribution is 2.25. The van der Waals surface area contributed by atoms with Gasteiger partial charge in [0.1, 0.15) is 0 Å². The second kappa shape index (κ2) is 7.27. The van der Waals surface area contributed by atoms with Gasteiger partial charge in [-0.1, -0.05) is 47.7 Å². The number of hydrogen-bond donors (Lipinski definition) is 1. The maximum absolute atomic E-state index is 12.2. The number of thiazole rings is 1. The summed E-state index contributed by atoms with van der Waals surface area (Å²) >= 11 is 2.76. The number of carbonyl (C=O) groups is 1. The van der Waals surface area contributed by atoms with Crippen molar-refractivity contribution in [2.45, 2.75) is 12.1 Å². The molecule has 4 rings (SSSR count). The van der Waals surface area contributed by atoms with Gasteiger partial charge in [0.25, 0.3) is 0 Å². The lowest BCUT2D eigenvalue weighted by Crippen LogP contribution is -2.14. The van der Waals surface area contributed by atoms with Gasteiger partial charge in [0.2, 0.25) is 5.91 Å². The number of nitrogens with one attached hydrogen (secondary N) is 1. The van der Waals surface area contributed by atoms with E-state index in [1.54, 1.807) is 0 Å². The summed E-state index contributed by atoms with van der Waals surface area (Å²) < 4.78 is 1.86. The molecule has 1 amide bonds. The Morgan fingerprint density at radius 1 is 1.19 bits per heavy atom. The quantitative estimate of drug-likeness (QED) is 0.531. The van der Waals surface area contributed by atoms with Crippen LogP contribution in [0.3, 0.4) is 0 Å². The van der Waals surface area contributed by atoms with Gasteiger partial charge in [-0.05, 0) is 19.1 Å². The number of fused-ring (bicyclic) bond motifs is 1. The summed E-state index contributed by atoms with van der Waals surface area (Å²) in [5, 5.41) is 14.3. The van der Waals surface area contributed by atoms with E-state index in [9.17, 15) is 4.79 Å². The SMILES string of the molecule is Cc1ccc(-c2csc(NC(=O)CSc3nnc4ccccn34)n2)cc1. The van der Waals surface area contributed by atoms with Crippen LogP contribution in [0.1, 0.15) is 5.56 Å². The van der Waals surface area contributed by atoms with Crippen molar-refractivity contribution < 1.29 is 4.79 Å². The number of carbonyl (C=O) groups excluding carboxylic acids is 1. The highest BCUT2D eigenvalue weighted by atomic mass is 32.2. The minimum atomic E-state index is -0.118. The summed E-state index contributed by atoms with van der Waals surface area (Å²) in [5.74, 6) is 0.127. The molecule has 0 unspecified atom stereocenters. The molecule has 0 bridgehead atoms. The smallest absolute Gasteiger partial charge is 0.236 e. The first-order chi connectivity index (χ1) is 12.7. The van der Waals surface area contributed by atoms with Crippen molar-refractivity contribution in [3.63, 3.8) is 0 Å². The number of benzene rings is 1. The highest BCUT2D eigenvalue weighted by Gasteiger charge is 2.11. The molecule has 0 saturated heterocycles. The number of pyridine rings is 1. The lowest BCUT2D eigenvalue weighted by molar-refractivity contribution is -0.113. The Hall–Kier alpha value is -2.71. The largest absolute Gasteiger partial charge is 0.301 e. The fourth-order valence-electron chi connectivity index (χ4n) is 2.39. The zero-order chi connectivity index (χ0) is 17.9. The predicted octanol–water partition coefficient (Wildman–Crippen LogP) is 3.89. The molecular formula is C18H15N5OS2. The Kier molecular flexibility index (Phi) is 4.68. The van der Waals surface area contributed by atoms with Gasteiger partial charge >= 0.3 is 0 Å². The molecule has 0 aliphatic heterocycles. The van der Waals surface area contributed by atoms with Crippen molar-refractivity contribution in [2.75, 3.05) is 11.1 Å². The first-order valence-electron chi connectivity index (χ1n) is 7.94. The van der Waals surface area contributed by atoms with E-state index in [4.69, 9.17) is 0 Å². The third kappa shape index (κ3) is 3.61. The monoisotopic (exact) mass is 381 g/mol. The number of aryl methyl sites for hydroxylation is 1. The zero-order valence-corrected chi connectivity index (χ0v) is 15.5. The predicted molar refractivity (Wildman–Crippen MR) is 105 cm³/mol. The second-order valence-corrected chi connectivity index (χ2v) is 7.45. The fourth-order valence-corrected chi connectivity index (χ4v) is 3.85. The van der Waals surface area contributed by atoms with E-state index in [2.05, 4.69) is 20.5 Å². The molecule has 0 aliphatic rings. The average molecular weight is 381 g/mol. The Morgan fingerprint density at radius 2 is 2.04 bits per heavy atom. The van der Waals surface area contributed by atoms with Crippen LogP contribution in [0.25, 0.3) is 16.9 Å². The minimum Gasteiger partial charge on any atom is -0.301 e. The van der Waals surface area contributed by atoms with Crippen LogP contribution in [-0.4, -0.2) is 31.2 Å². The summed E-state index contributed by atoms with van der Waals surface area (Å²) in [6.07, 6.45) is 1.88. The van der Waals surface area contributed by atoms with Crippen LogP contribution in [0, 0.1) is 6.92 Å². The van der Waals surface area contributed by atoms with Gasteiger partial charge in [0.15, 0.2) is 15.9 Å². The molecule has 26 heavy (non-hydrogen) atoms. The second-order valence-electron chi connectivity index (χ2n) is 5.65. The molecule has 0 radical (unpaired) electrons. The van der Waals surface area contributed by atoms with Crippen molar-refractivity contribution in [2.24, 2.45) is 0 Å². The lowest BCUT2D eigenvalue weighted by atomic mass is 10.1. The topological polar surface area (TPSA) is 72.2 Å². The summed E-state index contributed by atoms with van der Waals surface area (Å²) in [4.78, 5) is 16.7. The number of thioether (sulfide) groups is 1. The number of amides is 1. The zero-order valence-electron chi connectivity index (χ0n) is 13.9. The van der Waals surface area contributed by atoms with Crippen molar-refractivity contribution in [3.8, 4) is 11.3 Å². The van der Waals surface area contributed by atoms with E-state index >= 15 is 0 Å². The normalized spacial score (nSPS) is 11.0. The Morgan fingerprint density at radius 3 is 2.88 bits per heavy atom. The van der Waals surface area contributed by atoms with Gasteiger partial charge in [-0.25, -0.2) is 4.98 Å². The van der Waals surface area contributed by atoms with Crippen LogP contribution in [0.4, 0.5) is 5.13 Å². The first-order valence-corrected chi connectivity index (χ1v) is 9.80. The van der Waals surface area contributed by atoms with E-state index < -0.39 is 0 Å². The van der Waals surface area contributed by atoms with Gasteiger partial charge in [-0.3, -0.25) is 9.20 Å². The summed E-state index contributed by atoms with van der Waals surface area (Å²) in [6, 6.07) is 13.8. The Balaban J connectivity index is 1.38. The Bertz CT molecular complexity index is 1050. The fraction of sp³-hybridized carbons (Fsp3) is 0.111. The molecular weight excluding hydrogens is 366 g/mol. The first kappa shape index (κ1) is 16.7. The van der Waals surface area contributed by atoms with Gasteiger partial charge in [0, 0.05) is 17.1 Å². The van der Waals surface area contributed by atoms with Crippen LogP contribution in [0.5, 0.6) is 0 Å². The molecule has 0 fully saturated rings. The van der Waals surface area contributed by atoms with E-state index in [0.717, 1.165) is 16.9 Å². The van der Waals surface area contributed by atoms with Crippen LogP contribution < -0.4 is 5.32 Å². The van der Waals surface area contributed by atoms with Crippen molar-refractivity contribution in [1.29, 1.82) is 0 Å². The van der Waals surface area contributed by atoms with E-state index in [-0.39, 0.29) is 11.7 Å². The van der Waals surface area contributed by atoms with Gasteiger partial charge in [-0.2, -0.15) is 0 Å². The highest BCUT2D eigenvalue weighted by molar-refractivity contribution is 7.99. The van der Waals surface area contributed by atoms with Crippen LogP contribution in [0.15, 0.2) is 59.2 Å². The van der Waals surface area contributed by atoms with Crippen molar-refractivity contribution in [3.05, 3.63) is 59.6 Å². The number of hydrogen-bond acceptors (Lipinski definition) is 6. The molecule has 0 aliphatic carbocycles. The average Bonchev–Trinajstić information content (AvgIpc) is 3.28. The molecule has 3 aromatic heterocycles. The molecule has 0 saturated carbocycles. The number of rotatable bonds is 5. The summed E-state index contributed by atoms with van der Waals surface area (Å²) in [5.41, 5.74) is 3.87. The lowest BCUT2D eigenvalue weighted by Gasteiger charge is -2.01. The molecule has 6 nitrogen and oxygen atoms in total. The number of anilines is 1. The molecule has 0 spiro atoms. The molecule has 1 N–H and O–H groups in total. The maximum Gasteiger partial charge on any atom is 0.236 e. The van der Waals surface area contributed by atoms with Crippen LogP contribution in [0.2, 0.25) is 0 Å². The van der Waals surface area contributed by atoms with E-state index in [0.29, 0.717) is 10.3 Å². The summed E-state index contributed by atoms with van der Waals surface area (Å²) in [7, 11) is 0. The van der Waals surface area contributed by atoms with E-state index in [1.165, 1.54) is 28.7 Å². The standard InChI is InChI=1S/C18H15N5OS2/c1-12-5-7-13(8-6-12)14-10-25-17(19-14)20-16(24)11-26-18-22-21-15-4-2-3-9-23(15)18/h2-10H,11H2,1H3,(H,19,20,24). The Labute approximate surface area is 158 Å². The molecule has 130 valence electrons. The number of aromatic nitrogens is 4. The minimum absolute atomic E-state index is 0.118. The van der Waals surface area contributed by atoms with Crippen molar-refractivity contribution >= 4 is 39.8 Å². The maximum atomic E-state index is 12.2. The van der Waals surface area contributed by atoms with Gasteiger partial charge < -0.3 is 5.32 Å². The molecule has 8 heteroatoms. The van der Waals surface area contributed by atoms with Gasteiger partial charge in [0.05, 0.1) is 11.4 Å². The number of nitrogens with zero attached hydrogens (tertiary/aromatic N) is 4. The molecule has 3 heterocycles. The van der Waals surface area contributed by atoms with Crippen LogP contribution in [-0.2, 0) is 4.79 Å². The van der Waals surface area contributed by atoms with Gasteiger partial charge in [-0.15, -0.1) is 21.5 Å². The molecule has 1 aromatic carbocycles.